The molecule has 0 aliphatic heterocycles. The molecule has 1 aromatic rings. The summed E-state index contributed by atoms with van der Waals surface area (Å²) in [4.78, 5) is 12.4. The van der Waals surface area contributed by atoms with E-state index in [1.807, 2.05) is 0 Å². The number of carbonyl (C=O) groups is 1. The van der Waals surface area contributed by atoms with Crippen LogP contribution in [0.5, 0.6) is 0 Å². The predicted octanol–water partition coefficient (Wildman–Crippen LogP) is 4.78. The monoisotopic (exact) mass is 427 g/mol. The Morgan fingerprint density at radius 1 is 1.24 bits per heavy atom. The van der Waals surface area contributed by atoms with E-state index in [-0.39, 0.29) is 16.6 Å². The first-order chi connectivity index (χ1) is 13.7. The largest absolute Gasteiger partial charge is 0.416 e. The van der Waals surface area contributed by atoms with Gasteiger partial charge in [0.15, 0.2) is 0 Å². The highest BCUT2D eigenvalue weighted by Gasteiger charge is 2.32. The van der Waals surface area contributed by atoms with Gasteiger partial charge < -0.3 is 16.4 Å². The summed E-state index contributed by atoms with van der Waals surface area (Å²) in [5, 5.41) is 5.97. The Labute approximate surface area is 173 Å². The van der Waals surface area contributed by atoms with Gasteiger partial charge in [0.2, 0.25) is 0 Å². The molecule has 4 nitrogen and oxygen atoms in total. The third-order valence-electron chi connectivity index (χ3n) is 4.84. The van der Waals surface area contributed by atoms with Crippen LogP contribution in [0.2, 0.25) is 5.02 Å². The lowest BCUT2D eigenvalue weighted by Gasteiger charge is -2.29. The Hall–Kier alpha value is -2.41. The van der Waals surface area contributed by atoms with Crippen molar-refractivity contribution in [2.75, 3.05) is 6.54 Å². The van der Waals surface area contributed by atoms with Crippen molar-refractivity contribution in [3.63, 3.8) is 0 Å². The van der Waals surface area contributed by atoms with Gasteiger partial charge in [-0.05, 0) is 55.9 Å². The normalized spacial score (nSPS) is 20.5. The number of allylic oxidation sites excluding steroid dienone is 4. The number of nitrogens with two attached hydrogens (primary N) is 1. The van der Waals surface area contributed by atoms with Gasteiger partial charge in [-0.15, -0.1) is 0 Å². The quantitative estimate of drug-likeness (QED) is 0.548. The fourth-order valence-corrected chi connectivity index (χ4v) is 3.41. The summed E-state index contributed by atoms with van der Waals surface area (Å²) in [5.74, 6) is 0.400. The van der Waals surface area contributed by atoms with Crippen molar-refractivity contribution in [2.45, 2.75) is 37.9 Å². The second-order valence-electron chi connectivity index (χ2n) is 7.01. The smallest absolute Gasteiger partial charge is 0.386 e. The molecule has 0 saturated heterocycles. The molecule has 158 valence electrons. The molecule has 0 radical (unpaired) electrons. The van der Waals surface area contributed by atoms with Crippen molar-refractivity contribution in [3.8, 4) is 0 Å². The molecule has 1 fully saturated rings. The molecule has 29 heavy (non-hydrogen) atoms. The highest BCUT2D eigenvalue weighted by Crippen LogP contribution is 2.32. The average molecular weight is 428 g/mol. The van der Waals surface area contributed by atoms with Crippen LogP contribution < -0.4 is 16.4 Å². The first-order valence-corrected chi connectivity index (χ1v) is 9.75. The van der Waals surface area contributed by atoms with Crippen LogP contribution in [0, 0.1) is 5.92 Å². The van der Waals surface area contributed by atoms with Gasteiger partial charge in [0.25, 0.3) is 5.91 Å². The highest BCUT2D eigenvalue weighted by molar-refractivity contribution is 6.33. The zero-order chi connectivity index (χ0) is 21.4. The molecular weight excluding hydrogens is 403 g/mol. The first-order valence-electron chi connectivity index (χ1n) is 9.37. The summed E-state index contributed by atoms with van der Waals surface area (Å²) in [6, 6.07) is 2.67. The summed E-state index contributed by atoms with van der Waals surface area (Å²) >= 11 is 5.93. The maximum atomic E-state index is 12.9. The molecule has 0 spiro atoms. The van der Waals surface area contributed by atoms with Gasteiger partial charge in [0, 0.05) is 12.6 Å². The van der Waals surface area contributed by atoms with Crippen LogP contribution in [0.25, 0.3) is 0 Å². The third-order valence-corrected chi connectivity index (χ3v) is 5.17. The second-order valence-corrected chi connectivity index (χ2v) is 7.41. The van der Waals surface area contributed by atoms with Gasteiger partial charge in [-0.25, -0.2) is 0 Å². The average Bonchev–Trinajstić information content (AvgIpc) is 2.67. The van der Waals surface area contributed by atoms with Gasteiger partial charge in [0.05, 0.1) is 22.0 Å². The van der Waals surface area contributed by atoms with E-state index >= 15 is 0 Å². The number of alkyl halides is 3. The number of amides is 1. The third kappa shape index (κ3) is 7.16. The molecule has 0 unspecified atom stereocenters. The fourth-order valence-electron chi connectivity index (χ4n) is 3.21. The molecule has 0 atom stereocenters. The molecule has 2 rings (SSSR count). The minimum atomic E-state index is -4.53. The molecule has 1 saturated carbocycles. The minimum Gasteiger partial charge on any atom is -0.386 e. The van der Waals surface area contributed by atoms with E-state index in [1.165, 1.54) is 0 Å². The number of hydrogen-bond acceptors (Lipinski definition) is 3. The molecular formula is C21H25ClF3N3O. The summed E-state index contributed by atoms with van der Waals surface area (Å²) in [7, 11) is 0. The van der Waals surface area contributed by atoms with Gasteiger partial charge in [-0.1, -0.05) is 36.4 Å². The Balaban J connectivity index is 1.85. The van der Waals surface area contributed by atoms with Crippen molar-refractivity contribution in [2.24, 2.45) is 11.7 Å². The van der Waals surface area contributed by atoms with Crippen molar-refractivity contribution in [1.29, 1.82) is 0 Å². The summed E-state index contributed by atoms with van der Waals surface area (Å²) in [5.41, 5.74) is 4.81. The number of rotatable bonds is 7. The number of nitrogens with one attached hydrogen (secondary N) is 2. The van der Waals surface area contributed by atoms with E-state index in [0.717, 1.165) is 50.4 Å². The van der Waals surface area contributed by atoms with Gasteiger partial charge in [-0.2, -0.15) is 13.2 Å². The summed E-state index contributed by atoms with van der Waals surface area (Å²) < 4.78 is 38.6. The fraction of sp³-hybridized carbons (Fsp3) is 0.381. The Morgan fingerprint density at radius 3 is 2.55 bits per heavy atom. The van der Waals surface area contributed by atoms with Crippen LogP contribution in [-0.4, -0.2) is 18.5 Å². The van der Waals surface area contributed by atoms with Crippen LogP contribution in [0.4, 0.5) is 13.2 Å². The van der Waals surface area contributed by atoms with Crippen molar-refractivity contribution in [3.05, 3.63) is 71.1 Å². The van der Waals surface area contributed by atoms with Gasteiger partial charge in [-0.3, -0.25) is 4.79 Å². The summed E-state index contributed by atoms with van der Waals surface area (Å²) in [6.45, 7) is 4.31. The highest BCUT2D eigenvalue weighted by atomic mass is 35.5. The number of halogens is 4. The molecule has 1 aliphatic carbocycles. The van der Waals surface area contributed by atoms with Crippen molar-refractivity contribution < 1.29 is 18.0 Å². The van der Waals surface area contributed by atoms with Crippen LogP contribution >= 0.6 is 11.6 Å². The van der Waals surface area contributed by atoms with Crippen LogP contribution in [0.3, 0.4) is 0 Å². The number of benzene rings is 1. The molecule has 1 aromatic carbocycles. The van der Waals surface area contributed by atoms with Crippen LogP contribution in [0.15, 0.2) is 54.9 Å². The number of carbonyl (C=O) groups excluding carboxylic acids is 1. The van der Waals surface area contributed by atoms with E-state index in [0.29, 0.717) is 11.7 Å². The molecule has 0 heterocycles. The summed E-state index contributed by atoms with van der Waals surface area (Å²) in [6.07, 6.45) is 5.71. The van der Waals surface area contributed by atoms with E-state index < -0.39 is 17.6 Å². The Kier molecular flexibility index (Phi) is 8.20. The Morgan fingerprint density at radius 2 is 1.93 bits per heavy atom. The molecule has 4 N–H and O–H groups in total. The SMILES string of the molecule is C=C/C=C\C=C(/N)NCC1CCC(NC(=O)c2cc(C(F)(F)F)ccc2Cl)CC1. The van der Waals surface area contributed by atoms with E-state index in [9.17, 15) is 18.0 Å². The maximum Gasteiger partial charge on any atom is 0.416 e. The van der Waals surface area contributed by atoms with E-state index in [1.54, 1.807) is 24.3 Å². The molecule has 1 aliphatic rings. The van der Waals surface area contributed by atoms with Crippen LogP contribution in [0.1, 0.15) is 41.6 Å². The molecule has 8 heteroatoms. The lowest BCUT2D eigenvalue weighted by molar-refractivity contribution is -0.137. The second kappa shape index (κ2) is 10.4. The zero-order valence-electron chi connectivity index (χ0n) is 15.9. The minimum absolute atomic E-state index is 0.00107. The number of hydrogen-bond donors (Lipinski definition) is 3. The predicted molar refractivity (Wildman–Crippen MR) is 109 cm³/mol. The Bertz CT molecular complexity index is 782. The lowest BCUT2D eigenvalue weighted by Crippen LogP contribution is -2.39. The van der Waals surface area contributed by atoms with E-state index in [2.05, 4.69) is 17.2 Å². The standard InChI is InChI=1S/C21H25ClF3N3O/c1-2-3-4-5-19(26)27-13-14-6-9-16(10-7-14)28-20(29)17-12-15(21(23,24)25)8-11-18(17)22/h2-5,8,11-12,14,16,27H,1,6-7,9-10,13,26H2,(H,28,29)/b4-3-,19-5+. The van der Waals surface area contributed by atoms with Crippen molar-refractivity contribution in [1.82, 2.24) is 10.6 Å². The molecule has 0 bridgehead atoms. The molecule has 0 aromatic heterocycles. The first kappa shape index (κ1) is 22.9. The lowest BCUT2D eigenvalue weighted by atomic mass is 9.86. The zero-order valence-corrected chi connectivity index (χ0v) is 16.7. The topological polar surface area (TPSA) is 67.2 Å². The van der Waals surface area contributed by atoms with Crippen LogP contribution in [-0.2, 0) is 6.18 Å². The maximum absolute atomic E-state index is 12.9. The van der Waals surface area contributed by atoms with Gasteiger partial charge >= 0.3 is 6.18 Å². The van der Waals surface area contributed by atoms with E-state index in [4.69, 9.17) is 17.3 Å². The van der Waals surface area contributed by atoms with Gasteiger partial charge in [0.1, 0.15) is 0 Å². The van der Waals surface area contributed by atoms with Crippen molar-refractivity contribution >= 4 is 17.5 Å². The molecule has 1 amide bonds.